The summed E-state index contributed by atoms with van der Waals surface area (Å²) in [4.78, 5) is 0. The molecule has 2 rings (SSSR count). The molecule has 0 aliphatic rings. The molecule has 5 heteroatoms. The van der Waals surface area contributed by atoms with Crippen LogP contribution >= 0.6 is 0 Å². The van der Waals surface area contributed by atoms with Crippen LogP contribution < -0.4 is 9.46 Å². The van der Waals surface area contributed by atoms with Crippen LogP contribution in [0.4, 0.5) is 5.69 Å². The number of nitrogens with one attached hydrogen (secondary N) is 1. The summed E-state index contributed by atoms with van der Waals surface area (Å²) in [5.74, 6) is 0.828. The molecule has 1 unspecified atom stereocenters. The smallest absolute Gasteiger partial charge is 0.259 e. The van der Waals surface area contributed by atoms with Gasteiger partial charge in [-0.05, 0) is 35.4 Å². The van der Waals surface area contributed by atoms with E-state index in [0.29, 0.717) is 5.69 Å². The quantitative estimate of drug-likeness (QED) is 0.655. The van der Waals surface area contributed by atoms with Gasteiger partial charge >= 0.3 is 0 Å². The van der Waals surface area contributed by atoms with Crippen LogP contribution in [-0.2, 0) is 11.3 Å². The van der Waals surface area contributed by atoms with Crippen molar-refractivity contribution < 1.29 is 13.5 Å². The fraction of sp³-hybridized carbons (Fsp3) is 0.0667. The second-order valence-electron chi connectivity index (χ2n) is 4.08. The zero-order chi connectivity index (χ0) is 14.4. The molecule has 2 N–H and O–H groups in total. The second-order valence-corrected chi connectivity index (χ2v) is 4.78. The predicted octanol–water partition coefficient (Wildman–Crippen LogP) is 3.41. The van der Waals surface area contributed by atoms with Gasteiger partial charge in [0.1, 0.15) is 5.75 Å². The monoisotopic (exact) mass is 289 g/mol. The Balaban J connectivity index is 2.04. The van der Waals surface area contributed by atoms with Crippen molar-refractivity contribution in [2.45, 2.75) is 0 Å². The second kappa shape index (κ2) is 6.88. The van der Waals surface area contributed by atoms with Crippen LogP contribution in [0.15, 0.2) is 48.5 Å². The lowest BCUT2D eigenvalue weighted by molar-refractivity contribution is 0.415. The molecule has 0 heterocycles. The molecule has 104 valence electrons. The highest BCUT2D eigenvalue weighted by molar-refractivity contribution is 7.80. The van der Waals surface area contributed by atoms with Gasteiger partial charge in [-0.2, -0.15) is 0 Å². The van der Waals surface area contributed by atoms with Crippen molar-refractivity contribution in [3.05, 3.63) is 59.7 Å². The molecular formula is C15H15NO3S. The molecule has 0 fully saturated rings. The Morgan fingerprint density at radius 2 is 1.50 bits per heavy atom. The highest BCUT2D eigenvalue weighted by Crippen LogP contribution is 2.15. The van der Waals surface area contributed by atoms with Gasteiger partial charge in [0.25, 0.3) is 11.3 Å². The number of anilines is 1. The highest BCUT2D eigenvalue weighted by atomic mass is 32.2. The summed E-state index contributed by atoms with van der Waals surface area (Å²) in [6.07, 6.45) is 3.97. The Bertz CT molecular complexity index is 606. The fourth-order valence-electron chi connectivity index (χ4n) is 1.67. The third-order valence-corrected chi connectivity index (χ3v) is 3.11. The van der Waals surface area contributed by atoms with E-state index in [1.54, 1.807) is 19.2 Å². The number of rotatable bonds is 5. The Kier molecular flexibility index (Phi) is 4.92. The lowest BCUT2D eigenvalue weighted by Crippen LogP contribution is -2.01. The summed E-state index contributed by atoms with van der Waals surface area (Å²) in [5.41, 5.74) is 2.69. The van der Waals surface area contributed by atoms with E-state index in [0.717, 1.165) is 16.9 Å². The molecule has 2 aromatic rings. The van der Waals surface area contributed by atoms with Gasteiger partial charge in [-0.1, -0.05) is 36.4 Å². The molecule has 0 aliphatic carbocycles. The number of hydrogen-bond donors (Lipinski definition) is 2. The van der Waals surface area contributed by atoms with Crippen molar-refractivity contribution in [3.8, 4) is 5.75 Å². The first-order valence-corrected chi connectivity index (χ1v) is 7.08. The topological polar surface area (TPSA) is 58.6 Å². The van der Waals surface area contributed by atoms with Gasteiger partial charge in [-0.25, -0.2) is 4.21 Å². The van der Waals surface area contributed by atoms with E-state index >= 15 is 0 Å². The first kappa shape index (κ1) is 14.3. The standard InChI is InChI=1S/C15H15NO3S/c1-19-15-10-6-13(7-11-15)3-2-12-4-8-14(9-5-12)16-20(17)18/h2-11,16H,1H3,(H,17,18). The minimum Gasteiger partial charge on any atom is -0.497 e. The van der Waals surface area contributed by atoms with Gasteiger partial charge in [-0.3, -0.25) is 9.27 Å². The third-order valence-electron chi connectivity index (χ3n) is 2.70. The summed E-state index contributed by atoms with van der Waals surface area (Å²) >= 11 is -2.04. The van der Waals surface area contributed by atoms with Crippen molar-refractivity contribution in [1.82, 2.24) is 0 Å². The van der Waals surface area contributed by atoms with Crippen LogP contribution in [-0.4, -0.2) is 15.9 Å². The van der Waals surface area contributed by atoms with E-state index in [1.165, 1.54) is 0 Å². The molecule has 0 amide bonds. The number of hydrogen-bond acceptors (Lipinski definition) is 2. The van der Waals surface area contributed by atoms with Crippen molar-refractivity contribution >= 4 is 29.1 Å². The highest BCUT2D eigenvalue weighted by Gasteiger charge is 1.95. The fourth-order valence-corrected chi connectivity index (χ4v) is 2.01. The zero-order valence-corrected chi connectivity index (χ0v) is 11.8. The largest absolute Gasteiger partial charge is 0.497 e. The molecule has 1 atom stereocenters. The summed E-state index contributed by atoms with van der Waals surface area (Å²) in [6, 6.07) is 15.0. The van der Waals surface area contributed by atoms with Crippen molar-refractivity contribution in [2.24, 2.45) is 0 Å². The van der Waals surface area contributed by atoms with Crippen LogP contribution in [0.3, 0.4) is 0 Å². The van der Waals surface area contributed by atoms with Gasteiger partial charge in [0.05, 0.1) is 7.11 Å². The SMILES string of the molecule is COc1ccc(C=Cc2ccc(NS(=O)O)cc2)cc1. The minimum atomic E-state index is -2.04. The molecule has 0 saturated carbocycles. The van der Waals surface area contributed by atoms with E-state index in [9.17, 15) is 4.21 Å². The van der Waals surface area contributed by atoms with E-state index in [2.05, 4.69) is 4.72 Å². The van der Waals surface area contributed by atoms with Crippen LogP contribution in [0.5, 0.6) is 5.75 Å². The Hall–Kier alpha value is -2.11. The number of methoxy groups -OCH3 is 1. The molecule has 2 aromatic carbocycles. The first-order valence-electron chi connectivity index (χ1n) is 5.97. The van der Waals surface area contributed by atoms with E-state index in [1.807, 2.05) is 48.6 Å². The lowest BCUT2D eigenvalue weighted by Gasteiger charge is -2.01. The van der Waals surface area contributed by atoms with E-state index in [4.69, 9.17) is 9.29 Å². The maximum Gasteiger partial charge on any atom is 0.259 e. The Morgan fingerprint density at radius 3 is 1.95 bits per heavy atom. The van der Waals surface area contributed by atoms with E-state index in [-0.39, 0.29) is 0 Å². The average molecular weight is 289 g/mol. The van der Waals surface area contributed by atoms with Gasteiger partial charge in [0.2, 0.25) is 0 Å². The lowest BCUT2D eigenvalue weighted by atomic mass is 10.1. The van der Waals surface area contributed by atoms with Gasteiger partial charge in [0, 0.05) is 5.69 Å². The Morgan fingerprint density at radius 1 is 1.00 bits per heavy atom. The maximum atomic E-state index is 10.6. The summed E-state index contributed by atoms with van der Waals surface area (Å²) in [6.45, 7) is 0. The maximum absolute atomic E-state index is 10.6. The number of ether oxygens (including phenoxy) is 1. The van der Waals surface area contributed by atoms with Gasteiger partial charge in [0.15, 0.2) is 0 Å². The summed E-state index contributed by atoms with van der Waals surface area (Å²) in [5, 5.41) is 0. The molecule has 20 heavy (non-hydrogen) atoms. The molecule has 0 aliphatic heterocycles. The molecular weight excluding hydrogens is 274 g/mol. The van der Waals surface area contributed by atoms with Crippen molar-refractivity contribution in [2.75, 3.05) is 11.8 Å². The van der Waals surface area contributed by atoms with Crippen molar-refractivity contribution in [3.63, 3.8) is 0 Å². The average Bonchev–Trinajstić information content (AvgIpc) is 2.46. The zero-order valence-electron chi connectivity index (χ0n) is 10.9. The van der Waals surface area contributed by atoms with Crippen LogP contribution in [0.1, 0.15) is 11.1 Å². The third kappa shape index (κ3) is 4.22. The predicted molar refractivity (Wildman–Crippen MR) is 82.8 cm³/mol. The molecule has 0 spiro atoms. The van der Waals surface area contributed by atoms with E-state index < -0.39 is 11.3 Å². The molecule has 0 saturated heterocycles. The molecule has 4 nitrogen and oxygen atoms in total. The normalized spacial score (nSPS) is 12.3. The van der Waals surface area contributed by atoms with Gasteiger partial charge < -0.3 is 4.74 Å². The van der Waals surface area contributed by atoms with Crippen LogP contribution in [0.25, 0.3) is 12.2 Å². The first-order chi connectivity index (χ1) is 9.67. The molecule has 0 radical (unpaired) electrons. The van der Waals surface area contributed by atoms with Crippen LogP contribution in [0.2, 0.25) is 0 Å². The molecule has 0 bridgehead atoms. The van der Waals surface area contributed by atoms with Gasteiger partial charge in [-0.15, -0.1) is 0 Å². The Labute approximate surface area is 120 Å². The summed E-state index contributed by atoms with van der Waals surface area (Å²) in [7, 11) is 1.64. The summed E-state index contributed by atoms with van der Waals surface area (Å²) < 4.78 is 26.8. The van der Waals surface area contributed by atoms with Crippen LogP contribution in [0, 0.1) is 0 Å². The minimum absolute atomic E-state index is 0.604. The number of benzene rings is 2. The molecule has 0 aromatic heterocycles. The van der Waals surface area contributed by atoms with Crippen molar-refractivity contribution in [1.29, 1.82) is 0 Å².